The summed E-state index contributed by atoms with van der Waals surface area (Å²) in [4.78, 5) is 2.73. The van der Waals surface area contributed by atoms with Gasteiger partial charge in [-0.3, -0.25) is 4.90 Å². The number of benzene rings is 2. The lowest BCUT2D eigenvalue weighted by molar-refractivity contribution is 0.194. The highest BCUT2D eigenvalue weighted by Crippen LogP contribution is 2.37. The Hall–Kier alpha value is -1.86. The molecule has 0 amide bonds. The van der Waals surface area contributed by atoms with Gasteiger partial charge in [-0.05, 0) is 49.7 Å². The van der Waals surface area contributed by atoms with Gasteiger partial charge in [-0.2, -0.15) is 0 Å². The zero-order chi connectivity index (χ0) is 16.2. The van der Waals surface area contributed by atoms with E-state index in [0.29, 0.717) is 6.04 Å². The van der Waals surface area contributed by atoms with Crippen LogP contribution in [0.4, 0.5) is 0 Å². The molecular weight excluding hydrogens is 290 g/mol. The zero-order valence-corrected chi connectivity index (χ0v) is 14.4. The van der Waals surface area contributed by atoms with Crippen molar-refractivity contribution < 1.29 is 0 Å². The highest BCUT2D eigenvalue weighted by atomic mass is 15.2. The van der Waals surface area contributed by atoms with Crippen molar-refractivity contribution in [3.63, 3.8) is 0 Å². The van der Waals surface area contributed by atoms with E-state index in [1.165, 1.54) is 49.7 Å². The van der Waals surface area contributed by atoms with E-state index in [1.807, 2.05) is 0 Å². The van der Waals surface area contributed by atoms with Gasteiger partial charge in [-0.25, -0.2) is 0 Å². The van der Waals surface area contributed by atoms with Gasteiger partial charge < -0.3 is 0 Å². The smallest absolute Gasteiger partial charge is 0.0288 e. The molecule has 1 heteroatoms. The molecule has 0 aromatic heterocycles. The van der Waals surface area contributed by atoms with Crippen LogP contribution in [0.3, 0.4) is 0 Å². The summed E-state index contributed by atoms with van der Waals surface area (Å²) < 4.78 is 0. The molecule has 124 valence electrons. The number of hydrogen-bond acceptors (Lipinski definition) is 1. The van der Waals surface area contributed by atoms with Gasteiger partial charge in [0.1, 0.15) is 0 Å². The molecule has 2 aromatic rings. The predicted molar refractivity (Wildman–Crippen MR) is 101 cm³/mol. The summed E-state index contributed by atoms with van der Waals surface area (Å²) in [6.45, 7) is 1.12. The normalized spacial score (nSPS) is 23.2. The van der Waals surface area contributed by atoms with Gasteiger partial charge in [0.2, 0.25) is 0 Å². The van der Waals surface area contributed by atoms with Crippen molar-refractivity contribution in [1.29, 1.82) is 0 Å². The second kappa shape index (κ2) is 7.36. The molecule has 24 heavy (non-hydrogen) atoms. The highest BCUT2D eigenvalue weighted by molar-refractivity contribution is 5.21. The van der Waals surface area contributed by atoms with Crippen molar-refractivity contribution in [2.75, 3.05) is 0 Å². The molecule has 0 N–H and O–H groups in total. The van der Waals surface area contributed by atoms with Crippen LogP contribution in [0.25, 0.3) is 0 Å². The second-order valence-corrected chi connectivity index (χ2v) is 7.32. The molecule has 1 nitrogen and oxygen atoms in total. The van der Waals surface area contributed by atoms with Gasteiger partial charge >= 0.3 is 0 Å². The first-order chi connectivity index (χ1) is 11.9. The van der Waals surface area contributed by atoms with Crippen molar-refractivity contribution in [1.82, 2.24) is 4.90 Å². The van der Waals surface area contributed by atoms with Crippen molar-refractivity contribution in [2.45, 2.75) is 57.2 Å². The highest BCUT2D eigenvalue weighted by Gasteiger charge is 2.35. The molecule has 0 aliphatic carbocycles. The molecule has 2 bridgehead atoms. The Bertz CT molecular complexity index is 674. The average molecular weight is 317 g/mol. The summed E-state index contributed by atoms with van der Waals surface area (Å²) in [5, 5.41) is 0. The fourth-order valence-electron chi connectivity index (χ4n) is 4.40. The van der Waals surface area contributed by atoms with Crippen molar-refractivity contribution in [3.05, 3.63) is 83.4 Å². The number of hydrogen-bond donors (Lipinski definition) is 0. The monoisotopic (exact) mass is 317 g/mol. The average Bonchev–Trinajstić information content (AvgIpc) is 2.86. The molecule has 0 spiro atoms. The maximum atomic E-state index is 2.73. The minimum atomic E-state index is 0.677. The van der Waals surface area contributed by atoms with E-state index in [0.717, 1.165) is 12.6 Å². The number of rotatable bonds is 6. The third-order valence-corrected chi connectivity index (χ3v) is 5.63. The van der Waals surface area contributed by atoms with E-state index in [2.05, 4.69) is 71.6 Å². The van der Waals surface area contributed by atoms with Crippen molar-refractivity contribution in [2.24, 2.45) is 0 Å². The molecule has 2 aromatic carbocycles. The summed E-state index contributed by atoms with van der Waals surface area (Å²) in [6.07, 6.45) is 10.4. The first-order valence-corrected chi connectivity index (χ1v) is 9.41. The van der Waals surface area contributed by atoms with E-state index >= 15 is 0 Å². The minimum Gasteiger partial charge on any atom is -0.289 e. The Labute approximate surface area is 146 Å². The Morgan fingerprint density at radius 3 is 2.21 bits per heavy atom. The lowest BCUT2D eigenvalue weighted by Gasteiger charge is -2.34. The van der Waals surface area contributed by atoms with Crippen LogP contribution in [0.5, 0.6) is 0 Å². The van der Waals surface area contributed by atoms with Crippen LogP contribution in [0, 0.1) is 0 Å². The number of aryl methyl sites for hydroxylation is 1. The fourth-order valence-corrected chi connectivity index (χ4v) is 4.40. The molecule has 4 rings (SSSR count). The fraction of sp³-hybridized carbons (Fsp3) is 0.391. The summed E-state index contributed by atoms with van der Waals surface area (Å²) in [5.74, 6) is 0. The Kier molecular flexibility index (Phi) is 4.80. The lowest BCUT2D eigenvalue weighted by Crippen LogP contribution is -2.37. The third-order valence-electron chi connectivity index (χ3n) is 5.63. The van der Waals surface area contributed by atoms with E-state index in [-0.39, 0.29) is 0 Å². The van der Waals surface area contributed by atoms with Crippen LogP contribution in [-0.4, -0.2) is 17.0 Å². The first-order valence-electron chi connectivity index (χ1n) is 9.41. The standard InChI is InChI=1S/C23H27N/c1-3-8-19(9-4-1)12-7-13-21-16-22-14-15-23(17-21)24(22)18-20-10-5-2-6-11-20/h1-6,8-11,16,22-23H,7,12-15,17-18H2. The van der Waals surface area contributed by atoms with Gasteiger partial charge in [0.25, 0.3) is 0 Å². The zero-order valence-electron chi connectivity index (χ0n) is 14.4. The minimum absolute atomic E-state index is 0.677. The van der Waals surface area contributed by atoms with Gasteiger partial charge in [0.15, 0.2) is 0 Å². The SMILES string of the molecule is C1=C(CCCc2ccccc2)CC2CCC1N2Cc1ccccc1. The quantitative estimate of drug-likeness (QED) is 0.647. The molecule has 1 fully saturated rings. The maximum Gasteiger partial charge on any atom is 0.0288 e. The predicted octanol–water partition coefficient (Wildman–Crippen LogP) is 5.37. The topological polar surface area (TPSA) is 3.24 Å². The summed E-state index contributed by atoms with van der Waals surface area (Å²) >= 11 is 0. The van der Waals surface area contributed by atoms with Gasteiger partial charge in [-0.1, -0.05) is 72.3 Å². The van der Waals surface area contributed by atoms with Crippen molar-refractivity contribution in [3.8, 4) is 0 Å². The first kappa shape index (κ1) is 15.7. The molecule has 2 aliphatic rings. The number of nitrogens with zero attached hydrogens (tertiary/aromatic N) is 1. The van der Waals surface area contributed by atoms with Crippen molar-refractivity contribution >= 4 is 0 Å². The Morgan fingerprint density at radius 1 is 0.792 bits per heavy atom. The number of fused-ring (bicyclic) bond motifs is 2. The summed E-state index contributed by atoms with van der Waals surface area (Å²) in [7, 11) is 0. The van der Waals surface area contributed by atoms with Crippen LogP contribution >= 0.6 is 0 Å². The van der Waals surface area contributed by atoms with Crippen LogP contribution < -0.4 is 0 Å². The van der Waals surface area contributed by atoms with E-state index < -0.39 is 0 Å². The van der Waals surface area contributed by atoms with E-state index in [1.54, 1.807) is 5.57 Å². The molecule has 2 atom stereocenters. The van der Waals surface area contributed by atoms with Crippen LogP contribution in [0.2, 0.25) is 0 Å². The molecule has 1 saturated heterocycles. The summed E-state index contributed by atoms with van der Waals surface area (Å²) in [5.41, 5.74) is 4.64. The Morgan fingerprint density at radius 2 is 1.50 bits per heavy atom. The van der Waals surface area contributed by atoms with E-state index in [4.69, 9.17) is 0 Å². The van der Waals surface area contributed by atoms with Crippen LogP contribution in [0.15, 0.2) is 72.3 Å². The molecule has 2 unspecified atom stereocenters. The molecular formula is C23H27N. The molecule has 2 aliphatic heterocycles. The maximum absolute atomic E-state index is 2.73. The molecule has 0 saturated carbocycles. The lowest BCUT2D eigenvalue weighted by atomic mass is 9.95. The van der Waals surface area contributed by atoms with E-state index in [9.17, 15) is 0 Å². The second-order valence-electron chi connectivity index (χ2n) is 7.32. The van der Waals surface area contributed by atoms with Crippen LogP contribution in [0.1, 0.15) is 43.2 Å². The molecule has 2 heterocycles. The molecule has 0 radical (unpaired) electrons. The van der Waals surface area contributed by atoms with Gasteiger partial charge in [0.05, 0.1) is 0 Å². The van der Waals surface area contributed by atoms with Crippen LogP contribution in [-0.2, 0) is 13.0 Å². The Balaban J connectivity index is 1.34. The summed E-state index contributed by atoms with van der Waals surface area (Å²) in [6, 6.07) is 23.3. The third kappa shape index (κ3) is 3.62. The largest absolute Gasteiger partial charge is 0.289 e. The van der Waals surface area contributed by atoms with Gasteiger partial charge in [-0.15, -0.1) is 0 Å². The van der Waals surface area contributed by atoms with Gasteiger partial charge in [0, 0.05) is 18.6 Å².